The molecule has 1 aromatic heterocycles. The highest BCUT2D eigenvalue weighted by Gasteiger charge is 2.33. The van der Waals surface area contributed by atoms with Gasteiger partial charge in [0.15, 0.2) is 0 Å². The van der Waals surface area contributed by atoms with Crippen molar-refractivity contribution < 1.29 is 14.3 Å². The van der Waals surface area contributed by atoms with E-state index in [-0.39, 0.29) is 12.1 Å². The fourth-order valence-corrected chi connectivity index (χ4v) is 2.97. The van der Waals surface area contributed by atoms with Gasteiger partial charge < -0.3 is 9.64 Å². The number of aromatic nitrogens is 1. The van der Waals surface area contributed by atoms with Crippen LogP contribution in [0.2, 0.25) is 0 Å². The maximum atomic E-state index is 12.7. The molecule has 6 heteroatoms. The zero-order chi connectivity index (χ0) is 17.9. The normalized spacial score (nSPS) is 17.9. The highest BCUT2D eigenvalue weighted by Crippen LogP contribution is 2.36. The number of nitrogens with zero attached hydrogens (tertiary/aromatic N) is 3. The second kappa shape index (κ2) is 7.20. The number of amides is 2. The predicted octanol–water partition coefficient (Wildman–Crippen LogP) is 3.52. The SMILES string of the molecule is CC(C)N(C(=O)OC(C)(C)C)c1ncccc1[C@H]1CCCN1C=O. The van der Waals surface area contributed by atoms with E-state index in [0.717, 1.165) is 31.4 Å². The van der Waals surface area contributed by atoms with Gasteiger partial charge >= 0.3 is 6.09 Å². The molecule has 0 bridgehead atoms. The van der Waals surface area contributed by atoms with Crippen LogP contribution in [0.5, 0.6) is 0 Å². The lowest BCUT2D eigenvalue weighted by Crippen LogP contribution is -2.42. The molecule has 0 aliphatic carbocycles. The Morgan fingerprint density at radius 2 is 2.17 bits per heavy atom. The van der Waals surface area contributed by atoms with Gasteiger partial charge in [0.25, 0.3) is 0 Å². The summed E-state index contributed by atoms with van der Waals surface area (Å²) in [7, 11) is 0. The summed E-state index contributed by atoms with van der Waals surface area (Å²) < 4.78 is 5.55. The van der Waals surface area contributed by atoms with Crippen LogP contribution in [0.15, 0.2) is 18.3 Å². The van der Waals surface area contributed by atoms with Gasteiger partial charge in [-0.2, -0.15) is 0 Å². The molecule has 1 atom stereocenters. The van der Waals surface area contributed by atoms with E-state index in [9.17, 15) is 9.59 Å². The van der Waals surface area contributed by atoms with Gasteiger partial charge in [0, 0.05) is 24.3 Å². The number of carbonyl (C=O) groups is 2. The zero-order valence-electron chi connectivity index (χ0n) is 15.2. The average Bonchev–Trinajstić information content (AvgIpc) is 2.94. The summed E-state index contributed by atoms with van der Waals surface area (Å²) in [6.45, 7) is 10.1. The molecule has 1 aliphatic heterocycles. The largest absolute Gasteiger partial charge is 0.443 e. The summed E-state index contributed by atoms with van der Waals surface area (Å²) in [4.78, 5) is 31.8. The molecule has 24 heavy (non-hydrogen) atoms. The summed E-state index contributed by atoms with van der Waals surface area (Å²) in [5.41, 5.74) is 0.308. The maximum Gasteiger partial charge on any atom is 0.416 e. The van der Waals surface area contributed by atoms with E-state index < -0.39 is 11.7 Å². The second-order valence-corrected chi connectivity index (χ2v) is 7.36. The fourth-order valence-electron chi connectivity index (χ4n) is 2.97. The van der Waals surface area contributed by atoms with Gasteiger partial charge in [-0.25, -0.2) is 9.78 Å². The first-order chi connectivity index (χ1) is 11.2. The van der Waals surface area contributed by atoms with Crippen molar-refractivity contribution in [1.82, 2.24) is 9.88 Å². The van der Waals surface area contributed by atoms with E-state index in [1.165, 1.54) is 0 Å². The third-order valence-corrected chi connectivity index (χ3v) is 3.94. The van der Waals surface area contributed by atoms with Gasteiger partial charge in [0.1, 0.15) is 11.4 Å². The monoisotopic (exact) mass is 333 g/mol. The van der Waals surface area contributed by atoms with E-state index in [1.54, 1.807) is 16.0 Å². The summed E-state index contributed by atoms with van der Waals surface area (Å²) >= 11 is 0. The first-order valence-electron chi connectivity index (χ1n) is 8.42. The number of rotatable bonds is 4. The van der Waals surface area contributed by atoms with Crippen LogP contribution < -0.4 is 4.90 Å². The van der Waals surface area contributed by atoms with Crippen molar-refractivity contribution in [1.29, 1.82) is 0 Å². The van der Waals surface area contributed by atoms with Gasteiger partial charge in [0.2, 0.25) is 6.41 Å². The molecular weight excluding hydrogens is 306 g/mol. The number of ether oxygens (including phenoxy) is 1. The van der Waals surface area contributed by atoms with E-state index in [1.807, 2.05) is 46.8 Å². The Labute approximate surface area is 143 Å². The Morgan fingerprint density at radius 3 is 2.75 bits per heavy atom. The van der Waals surface area contributed by atoms with Crippen LogP contribution in [-0.2, 0) is 9.53 Å². The summed E-state index contributed by atoms with van der Waals surface area (Å²) in [5.74, 6) is 0.570. The van der Waals surface area contributed by atoms with Crippen molar-refractivity contribution in [2.24, 2.45) is 0 Å². The van der Waals surface area contributed by atoms with E-state index in [4.69, 9.17) is 4.74 Å². The first kappa shape index (κ1) is 18.2. The zero-order valence-corrected chi connectivity index (χ0v) is 15.2. The maximum absolute atomic E-state index is 12.7. The number of pyridine rings is 1. The topological polar surface area (TPSA) is 62.7 Å². The average molecular weight is 333 g/mol. The highest BCUT2D eigenvalue weighted by molar-refractivity contribution is 5.88. The molecule has 0 spiro atoms. The quantitative estimate of drug-likeness (QED) is 0.791. The molecule has 0 N–H and O–H groups in total. The number of likely N-dealkylation sites (tertiary alicyclic amines) is 1. The van der Waals surface area contributed by atoms with Gasteiger partial charge in [0.05, 0.1) is 6.04 Å². The minimum Gasteiger partial charge on any atom is -0.443 e. The molecule has 2 heterocycles. The fraction of sp³-hybridized carbons (Fsp3) is 0.611. The molecule has 1 fully saturated rings. The summed E-state index contributed by atoms with van der Waals surface area (Å²) in [5, 5.41) is 0. The van der Waals surface area contributed by atoms with Crippen LogP contribution >= 0.6 is 0 Å². The van der Waals surface area contributed by atoms with Crippen LogP contribution in [0.4, 0.5) is 10.6 Å². The molecule has 0 radical (unpaired) electrons. The van der Waals surface area contributed by atoms with Gasteiger partial charge in [-0.1, -0.05) is 6.07 Å². The van der Waals surface area contributed by atoms with E-state index in [0.29, 0.717) is 5.82 Å². The molecule has 2 rings (SSSR count). The van der Waals surface area contributed by atoms with E-state index >= 15 is 0 Å². The van der Waals surface area contributed by atoms with Crippen molar-refractivity contribution in [3.05, 3.63) is 23.9 Å². The molecule has 1 saturated heterocycles. The van der Waals surface area contributed by atoms with Crippen molar-refractivity contribution in [2.45, 2.75) is 65.1 Å². The molecule has 0 unspecified atom stereocenters. The van der Waals surface area contributed by atoms with Crippen LogP contribution in [-0.4, -0.2) is 40.6 Å². The van der Waals surface area contributed by atoms with Crippen molar-refractivity contribution in [3.63, 3.8) is 0 Å². The smallest absolute Gasteiger partial charge is 0.416 e. The van der Waals surface area contributed by atoms with Gasteiger partial charge in [-0.3, -0.25) is 9.69 Å². The molecule has 0 saturated carbocycles. The Hall–Kier alpha value is -2.11. The third-order valence-electron chi connectivity index (χ3n) is 3.94. The van der Waals surface area contributed by atoms with Crippen molar-refractivity contribution in [2.75, 3.05) is 11.4 Å². The minimum absolute atomic E-state index is 0.0464. The molecule has 1 aliphatic rings. The predicted molar refractivity (Wildman–Crippen MR) is 92.8 cm³/mol. The summed E-state index contributed by atoms with van der Waals surface area (Å²) in [6.07, 6.45) is 3.94. The Morgan fingerprint density at radius 1 is 1.46 bits per heavy atom. The molecular formula is C18H27N3O3. The second-order valence-electron chi connectivity index (χ2n) is 7.36. The lowest BCUT2D eigenvalue weighted by molar-refractivity contribution is -0.118. The number of carbonyl (C=O) groups excluding carboxylic acids is 2. The lowest BCUT2D eigenvalue weighted by atomic mass is 10.0. The third kappa shape index (κ3) is 4.04. The van der Waals surface area contributed by atoms with Gasteiger partial charge in [-0.05, 0) is 53.5 Å². The minimum atomic E-state index is -0.582. The molecule has 1 aromatic rings. The van der Waals surface area contributed by atoms with Crippen LogP contribution in [0, 0.1) is 0 Å². The lowest BCUT2D eigenvalue weighted by Gasteiger charge is -2.32. The standard InChI is InChI=1S/C18H27N3O3/c1-13(2)21(17(23)24-18(3,4)5)16-14(8-6-10-19-16)15-9-7-11-20(15)12-22/h6,8,10,12-13,15H,7,9,11H2,1-5H3/t15-/m1/s1. The number of hydrogen-bond acceptors (Lipinski definition) is 4. The van der Waals surface area contributed by atoms with E-state index in [2.05, 4.69) is 4.98 Å². The van der Waals surface area contributed by atoms with Crippen LogP contribution in [0.25, 0.3) is 0 Å². The Bertz CT molecular complexity index is 595. The molecule has 132 valence electrons. The van der Waals surface area contributed by atoms with Crippen LogP contribution in [0.3, 0.4) is 0 Å². The number of anilines is 1. The first-order valence-corrected chi connectivity index (χ1v) is 8.42. The molecule has 6 nitrogen and oxygen atoms in total. The Kier molecular flexibility index (Phi) is 5.47. The molecule has 2 amide bonds. The molecule has 0 aromatic carbocycles. The van der Waals surface area contributed by atoms with Crippen molar-refractivity contribution >= 4 is 18.3 Å². The highest BCUT2D eigenvalue weighted by atomic mass is 16.6. The number of hydrogen-bond donors (Lipinski definition) is 0. The van der Waals surface area contributed by atoms with Crippen LogP contribution in [0.1, 0.15) is 59.1 Å². The van der Waals surface area contributed by atoms with Gasteiger partial charge in [-0.15, -0.1) is 0 Å². The summed E-state index contributed by atoms with van der Waals surface area (Å²) in [6, 6.07) is 3.62. The van der Waals surface area contributed by atoms with Crippen molar-refractivity contribution in [3.8, 4) is 0 Å². The Balaban J connectivity index is 2.41.